The number of carbonyl (C=O) groups excluding carboxylic acids is 1. The van der Waals surface area contributed by atoms with Gasteiger partial charge in [0.1, 0.15) is 5.75 Å². The van der Waals surface area contributed by atoms with Gasteiger partial charge in [-0.3, -0.25) is 14.6 Å². The molecule has 3 rings (SSSR count). The Kier molecular flexibility index (Phi) is 8.99. The maximum absolute atomic E-state index is 12.3. The lowest BCUT2D eigenvalue weighted by Crippen LogP contribution is -2.51. The molecule has 168 valence electrons. The number of methoxy groups -OCH3 is 1. The summed E-state index contributed by atoms with van der Waals surface area (Å²) in [5, 5.41) is 14.5. The van der Waals surface area contributed by atoms with Gasteiger partial charge in [0.15, 0.2) is 0 Å². The zero-order valence-corrected chi connectivity index (χ0v) is 19.2. The molecule has 31 heavy (non-hydrogen) atoms. The third-order valence-corrected chi connectivity index (χ3v) is 6.01. The van der Waals surface area contributed by atoms with E-state index in [1.54, 1.807) is 19.2 Å². The van der Waals surface area contributed by atoms with Crippen LogP contribution in [-0.4, -0.2) is 73.3 Å². The van der Waals surface area contributed by atoms with E-state index in [0.717, 1.165) is 43.1 Å². The Morgan fingerprint density at radius 3 is 2.42 bits per heavy atom. The Labute approximate surface area is 193 Å². The van der Waals surface area contributed by atoms with Crippen molar-refractivity contribution < 1.29 is 14.6 Å². The van der Waals surface area contributed by atoms with Gasteiger partial charge in [0, 0.05) is 49.3 Å². The van der Waals surface area contributed by atoms with Crippen molar-refractivity contribution in [2.24, 2.45) is 0 Å². The van der Waals surface area contributed by atoms with Gasteiger partial charge in [0.25, 0.3) is 0 Å². The number of hydrogen-bond donors (Lipinski definition) is 2. The molecule has 1 fully saturated rings. The van der Waals surface area contributed by atoms with Crippen LogP contribution in [-0.2, 0) is 17.8 Å². The molecule has 0 bridgehead atoms. The lowest BCUT2D eigenvalue weighted by molar-refractivity contribution is -0.122. The Bertz CT molecular complexity index is 856. The minimum atomic E-state index is -0.424. The van der Waals surface area contributed by atoms with Gasteiger partial charge in [-0.1, -0.05) is 41.4 Å². The Morgan fingerprint density at radius 1 is 1.10 bits per heavy atom. The summed E-state index contributed by atoms with van der Waals surface area (Å²) in [6.07, 6.45) is 0.187. The predicted octanol–water partition coefficient (Wildman–Crippen LogP) is 2.84. The van der Waals surface area contributed by atoms with Crippen LogP contribution < -0.4 is 10.1 Å². The number of hydrogen-bond acceptors (Lipinski definition) is 5. The van der Waals surface area contributed by atoms with Crippen molar-refractivity contribution in [3.63, 3.8) is 0 Å². The van der Waals surface area contributed by atoms with Crippen LogP contribution in [0.2, 0.25) is 10.0 Å². The molecule has 1 amide bonds. The summed E-state index contributed by atoms with van der Waals surface area (Å²) >= 11 is 12.0. The summed E-state index contributed by atoms with van der Waals surface area (Å²) in [6.45, 7) is 4.61. The Hall–Kier alpha value is -1.83. The van der Waals surface area contributed by atoms with Gasteiger partial charge in [0.05, 0.1) is 19.8 Å². The Balaban J connectivity index is 1.35. The number of rotatable bonds is 9. The number of amides is 1. The quantitative estimate of drug-likeness (QED) is 0.595. The highest BCUT2D eigenvalue weighted by molar-refractivity contribution is 6.35. The molecule has 1 aliphatic rings. The van der Waals surface area contributed by atoms with Crippen LogP contribution in [0.3, 0.4) is 0 Å². The number of aliphatic hydroxyl groups is 1. The SMILES string of the molecule is COc1ccc(CC(O)CN2CCN(CC(=O)NCc3ccc(Cl)cc3Cl)CC2)cc1. The average molecular weight is 466 g/mol. The van der Waals surface area contributed by atoms with E-state index in [1.807, 2.05) is 30.3 Å². The van der Waals surface area contributed by atoms with Crippen molar-refractivity contribution >= 4 is 29.1 Å². The molecule has 0 spiro atoms. The minimum Gasteiger partial charge on any atom is -0.497 e. The standard InChI is InChI=1S/C23H29Cl2N3O3/c1-31-21-6-2-17(3-7-21)12-20(29)15-27-8-10-28(11-9-27)16-23(30)26-14-18-4-5-19(24)13-22(18)25/h2-7,13,20,29H,8-12,14-16H2,1H3,(H,26,30). The molecular formula is C23H29Cl2N3O3. The fourth-order valence-electron chi connectivity index (χ4n) is 3.64. The number of ether oxygens (including phenoxy) is 1. The number of aliphatic hydroxyl groups excluding tert-OH is 1. The number of nitrogens with zero attached hydrogens (tertiary/aromatic N) is 2. The van der Waals surface area contributed by atoms with Crippen molar-refractivity contribution in [3.8, 4) is 5.75 Å². The maximum atomic E-state index is 12.3. The Morgan fingerprint density at radius 2 is 1.77 bits per heavy atom. The van der Waals surface area contributed by atoms with Gasteiger partial charge in [-0.25, -0.2) is 0 Å². The summed E-state index contributed by atoms with van der Waals surface area (Å²) < 4.78 is 5.17. The topological polar surface area (TPSA) is 65.0 Å². The number of β-amino-alcohol motifs (C(OH)–C–C–N with tert-alkyl or cyclic N) is 1. The molecule has 0 saturated carbocycles. The molecule has 0 aromatic heterocycles. The average Bonchev–Trinajstić information content (AvgIpc) is 2.75. The number of carbonyl (C=O) groups is 1. The zero-order chi connectivity index (χ0) is 22.2. The molecule has 2 aromatic carbocycles. The van der Waals surface area contributed by atoms with E-state index in [1.165, 1.54) is 0 Å². The molecule has 6 nitrogen and oxygen atoms in total. The molecule has 1 unspecified atom stereocenters. The second-order valence-electron chi connectivity index (χ2n) is 7.80. The first kappa shape index (κ1) is 23.8. The summed E-state index contributed by atoms with van der Waals surface area (Å²) in [5.41, 5.74) is 1.93. The van der Waals surface area contributed by atoms with Crippen molar-refractivity contribution in [1.82, 2.24) is 15.1 Å². The van der Waals surface area contributed by atoms with Gasteiger partial charge < -0.3 is 15.2 Å². The molecule has 1 heterocycles. The first-order valence-corrected chi connectivity index (χ1v) is 11.1. The fraction of sp³-hybridized carbons (Fsp3) is 0.435. The highest BCUT2D eigenvalue weighted by Gasteiger charge is 2.21. The van der Waals surface area contributed by atoms with E-state index < -0.39 is 6.10 Å². The summed E-state index contributed by atoms with van der Waals surface area (Å²) in [6, 6.07) is 13.0. The highest BCUT2D eigenvalue weighted by atomic mass is 35.5. The van der Waals surface area contributed by atoms with E-state index in [2.05, 4.69) is 15.1 Å². The molecule has 0 aliphatic carbocycles. The number of nitrogens with one attached hydrogen (secondary N) is 1. The van der Waals surface area contributed by atoms with Crippen LogP contribution in [0.4, 0.5) is 0 Å². The molecular weight excluding hydrogens is 437 g/mol. The lowest BCUT2D eigenvalue weighted by Gasteiger charge is -2.35. The van der Waals surface area contributed by atoms with Crippen molar-refractivity contribution in [2.45, 2.75) is 19.1 Å². The molecule has 1 aliphatic heterocycles. The zero-order valence-electron chi connectivity index (χ0n) is 17.7. The molecule has 1 saturated heterocycles. The van der Waals surface area contributed by atoms with Crippen molar-refractivity contribution in [3.05, 3.63) is 63.6 Å². The lowest BCUT2D eigenvalue weighted by atomic mass is 10.1. The molecule has 0 radical (unpaired) electrons. The number of piperazine rings is 1. The van der Waals surface area contributed by atoms with Crippen LogP contribution in [0, 0.1) is 0 Å². The number of benzene rings is 2. The van der Waals surface area contributed by atoms with Gasteiger partial charge in [-0.15, -0.1) is 0 Å². The maximum Gasteiger partial charge on any atom is 0.234 e. The van der Waals surface area contributed by atoms with Crippen molar-refractivity contribution in [2.75, 3.05) is 46.4 Å². The summed E-state index contributed by atoms with van der Waals surface area (Å²) in [7, 11) is 1.64. The van der Waals surface area contributed by atoms with E-state index >= 15 is 0 Å². The van der Waals surface area contributed by atoms with Crippen molar-refractivity contribution in [1.29, 1.82) is 0 Å². The van der Waals surface area contributed by atoms with E-state index in [0.29, 0.717) is 36.1 Å². The monoisotopic (exact) mass is 465 g/mol. The molecule has 2 N–H and O–H groups in total. The van der Waals surface area contributed by atoms with Crippen LogP contribution in [0.1, 0.15) is 11.1 Å². The van der Waals surface area contributed by atoms with Crippen LogP contribution >= 0.6 is 23.2 Å². The fourth-order valence-corrected chi connectivity index (χ4v) is 4.12. The summed E-state index contributed by atoms with van der Waals surface area (Å²) in [4.78, 5) is 16.7. The first-order valence-electron chi connectivity index (χ1n) is 10.4. The second-order valence-corrected chi connectivity index (χ2v) is 8.64. The van der Waals surface area contributed by atoms with Gasteiger partial charge in [0.2, 0.25) is 5.91 Å². The van der Waals surface area contributed by atoms with E-state index in [4.69, 9.17) is 27.9 Å². The van der Waals surface area contributed by atoms with Crippen LogP contribution in [0.5, 0.6) is 5.75 Å². The first-order chi connectivity index (χ1) is 14.9. The number of halogens is 2. The van der Waals surface area contributed by atoms with Gasteiger partial charge in [-0.05, 0) is 41.8 Å². The van der Waals surface area contributed by atoms with E-state index in [-0.39, 0.29) is 5.91 Å². The van der Waals surface area contributed by atoms with Gasteiger partial charge >= 0.3 is 0 Å². The van der Waals surface area contributed by atoms with Gasteiger partial charge in [-0.2, -0.15) is 0 Å². The third kappa shape index (κ3) is 7.66. The molecule has 8 heteroatoms. The normalized spacial score (nSPS) is 16.1. The smallest absolute Gasteiger partial charge is 0.234 e. The molecule has 1 atom stereocenters. The molecule has 2 aromatic rings. The van der Waals surface area contributed by atoms with E-state index in [9.17, 15) is 9.90 Å². The minimum absolute atomic E-state index is 0.0287. The highest BCUT2D eigenvalue weighted by Crippen LogP contribution is 2.20. The largest absolute Gasteiger partial charge is 0.497 e. The van der Waals surface area contributed by atoms with Crippen LogP contribution in [0.15, 0.2) is 42.5 Å². The van der Waals surface area contributed by atoms with Crippen LogP contribution in [0.25, 0.3) is 0 Å². The predicted molar refractivity (Wildman–Crippen MR) is 124 cm³/mol. The summed E-state index contributed by atoms with van der Waals surface area (Å²) in [5.74, 6) is 0.786. The second kappa shape index (κ2) is 11.7. The third-order valence-electron chi connectivity index (χ3n) is 5.42.